The van der Waals surface area contributed by atoms with Crippen LogP contribution in [0.2, 0.25) is 0 Å². The molecule has 1 aliphatic heterocycles. The molecule has 1 saturated heterocycles. The lowest BCUT2D eigenvalue weighted by molar-refractivity contribution is -0.116. The van der Waals surface area contributed by atoms with E-state index in [0.717, 1.165) is 25.0 Å². The molecule has 0 bridgehead atoms. The largest absolute Gasteiger partial charge is 0.376 e. The zero-order valence-corrected chi connectivity index (χ0v) is 10.1. The monoisotopic (exact) mass is 249 g/mol. The number of amides is 1. The molecule has 1 atom stereocenters. The third-order valence-corrected chi connectivity index (χ3v) is 2.83. The maximum Gasteiger partial charge on any atom is 0.244 e. The van der Waals surface area contributed by atoms with E-state index in [2.05, 4.69) is 5.32 Å². The molecule has 4 heteroatoms. The van der Waals surface area contributed by atoms with Gasteiger partial charge in [-0.05, 0) is 36.6 Å². The molecule has 0 radical (unpaired) electrons. The summed E-state index contributed by atoms with van der Waals surface area (Å²) < 4.78 is 18.1. The summed E-state index contributed by atoms with van der Waals surface area (Å²) >= 11 is 0. The number of nitrogens with one attached hydrogen (secondary N) is 1. The van der Waals surface area contributed by atoms with Gasteiger partial charge in [-0.1, -0.05) is 12.1 Å². The van der Waals surface area contributed by atoms with Crippen LogP contribution in [0.25, 0.3) is 6.08 Å². The van der Waals surface area contributed by atoms with E-state index in [1.54, 1.807) is 18.2 Å². The van der Waals surface area contributed by atoms with E-state index in [0.29, 0.717) is 6.54 Å². The van der Waals surface area contributed by atoms with Gasteiger partial charge in [0.15, 0.2) is 0 Å². The first-order chi connectivity index (χ1) is 8.74. The molecule has 18 heavy (non-hydrogen) atoms. The van der Waals surface area contributed by atoms with Gasteiger partial charge in [-0.3, -0.25) is 4.79 Å². The predicted molar refractivity (Wildman–Crippen MR) is 67.4 cm³/mol. The van der Waals surface area contributed by atoms with Gasteiger partial charge in [0.25, 0.3) is 0 Å². The summed E-state index contributed by atoms with van der Waals surface area (Å²) in [6, 6.07) is 5.98. The van der Waals surface area contributed by atoms with Crippen molar-refractivity contribution in [2.45, 2.75) is 18.9 Å². The number of carbonyl (C=O) groups is 1. The Balaban J connectivity index is 1.77. The molecule has 0 aromatic heterocycles. The van der Waals surface area contributed by atoms with E-state index in [-0.39, 0.29) is 17.8 Å². The molecule has 0 unspecified atom stereocenters. The first-order valence-electron chi connectivity index (χ1n) is 6.07. The quantitative estimate of drug-likeness (QED) is 0.830. The average Bonchev–Trinajstić information content (AvgIpc) is 2.89. The topological polar surface area (TPSA) is 38.3 Å². The highest BCUT2D eigenvalue weighted by Gasteiger charge is 2.15. The fourth-order valence-electron chi connectivity index (χ4n) is 1.82. The van der Waals surface area contributed by atoms with Crippen molar-refractivity contribution >= 4 is 12.0 Å². The summed E-state index contributed by atoms with van der Waals surface area (Å²) in [5, 5.41) is 2.78. The smallest absolute Gasteiger partial charge is 0.244 e. The van der Waals surface area contributed by atoms with E-state index in [1.165, 1.54) is 18.2 Å². The molecule has 1 fully saturated rings. The standard InChI is InChI=1S/C14H16FNO2/c15-12-6-3-11(4-7-12)5-8-14(17)16-10-13-2-1-9-18-13/h3-8,13H,1-2,9-10H2,(H,16,17)/b8-5+/t13-/m1/s1. The lowest BCUT2D eigenvalue weighted by Crippen LogP contribution is -2.30. The van der Waals surface area contributed by atoms with E-state index >= 15 is 0 Å². The Labute approximate surface area is 106 Å². The van der Waals surface area contributed by atoms with Gasteiger partial charge < -0.3 is 10.1 Å². The summed E-state index contributed by atoms with van der Waals surface area (Å²) in [7, 11) is 0. The summed E-state index contributed by atoms with van der Waals surface area (Å²) in [5.74, 6) is -0.440. The first-order valence-corrected chi connectivity index (χ1v) is 6.07. The number of hydrogen-bond donors (Lipinski definition) is 1. The fourth-order valence-corrected chi connectivity index (χ4v) is 1.82. The number of carbonyl (C=O) groups excluding carboxylic acids is 1. The van der Waals surface area contributed by atoms with Crippen LogP contribution in [0.5, 0.6) is 0 Å². The van der Waals surface area contributed by atoms with E-state index in [1.807, 2.05) is 0 Å². The Morgan fingerprint density at radius 3 is 2.89 bits per heavy atom. The van der Waals surface area contributed by atoms with Crippen molar-refractivity contribution in [3.05, 3.63) is 41.7 Å². The van der Waals surface area contributed by atoms with Crippen molar-refractivity contribution in [1.29, 1.82) is 0 Å². The van der Waals surface area contributed by atoms with Crippen LogP contribution in [0.4, 0.5) is 4.39 Å². The summed E-state index contributed by atoms with van der Waals surface area (Å²) in [5.41, 5.74) is 0.795. The van der Waals surface area contributed by atoms with Gasteiger partial charge in [0.2, 0.25) is 5.91 Å². The minimum atomic E-state index is -0.282. The molecule has 96 valence electrons. The van der Waals surface area contributed by atoms with Crippen LogP contribution < -0.4 is 5.32 Å². The number of benzene rings is 1. The van der Waals surface area contributed by atoms with Crippen molar-refractivity contribution in [2.75, 3.05) is 13.2 Å². The van der Waals surface area contributed by atoms with Crippen LogP contribution >= 0.6 is 0 Å². The Hall–Kier alpha value is -1.68. The molecule has 1 aromatic rings. The van der Waals surface area contributed by atoms with Crippen LogP contribution in [-0.4, -0.2) is 25.2 Å². The summed E-state index contributed by atoms with van der Waals surface area (Å²) in [6.45, 7) is 1.33. The Morgan fingerprint density at radius 1 is 1.44 bits per heavy atom. The SMILES string of the molecule is O=C(/C=C/c1ccc(F)cc1)NC[C@H]1CCCO1. The zero-order chi connectivity index (χ0) is 12.8. The number of ether oxygens (including phenoxy) is 1. The van der Waals surface area contributed by atoms with E-state index in [4.69, 9.17) is 4.74 Å². The van der Waals surface area contributed by atoms with Gasteiger partial charge in [0.05, 0.1) is 6.10 Å². The maximum atomic E-state index is 12.7. The van der Waals surface area contributed by atoms with Crippen LogP contribution in [-0.2, 0) is 9.53 Å². The van der Waals surface area contributed by atoms with Crippen LogP contribution in [0, 0.1) is 5.82 Å². The van der Waals surface area contributed by atoms with Crippen LogP contribution in [0.1, 0.15) is 18.4 Å². The zero-order valence-electron chi connectivity index (χ0n) is 10.1. The maximum absolute atomic E-state index is 12.7. The lowest BCUT2D eigenvalue weighted by Gasteiger charge is -2.08. The molecule has 1 aliphatic rings. The molecule has 1 amide bonds. The lowest BCUT2D eigenvalue weighted by atomic mass is 10.2. The molecular formula is C14H16FNO2. The first kappa shape index (κ1) is 12.8. The van der Waals surface area contributed by atoms with Crippen molar-refractivity contribution in [3.63, 3.8) is 0 Å². The van der Waals surface area contributed by atoms with Crippen molar-refractivity contribution in [3.8, 4) is 0 Å². The van der Waals surface area contributed by atoms with E-state index < -0.39 is 0 Å². The second-order valence-corrected chi connectivity index (χ2v) is 4.27. The molecule has 3 nitrogen and oxygen atoms in total. The van der Waals surface area contributed by atoms with Gasteiger partial charge in [-0.15, -0.1) is 0 Å². The third kappa shape index (κ3) is 3.96. The van der Waals surface area contributed by atoms with Crippen LogP contribution in [0.3, 0.4) is 0 Å². The van der Waals surface area contributed by atoms with Gasteiger partial charge in [0.1, 0.15) is 5.82 Å². The molecule has 0 aliphatic carbocycles. The van der Waals surface area contributed by atoms with Gasteiger partial charge in [0, 0.05) is 19.2 Å². The molecule has 1 heterocycles. The van der Waals surface area contributed by atoms with Crippen molar-refractivity contribution in [1.82, 2.24) is 5.32 Å². The second-order valence-electron chi connectivity index (χ2n) is 4.27. The molecule has 1 N–H and O–H groups in total. The Bertz CT molecular complexity index is 422. The molecule has 0 saturated carbocycles. The van der Waals surface area contributed by atoms with Crippen molar-refractivity contribution in [2.24, 2.45) is 0 Å². The highest BCUT2D eigenvalue weighted by atomic mass is 19.1. The molecule has 2 rings (SSSR count). The normalized spacial score (nSPS) is 19.3. The Morgan fingerprint density at radius 2 is 2.22 bits per heavy atom. The Kier molecular flexibility index (Phi) is 4.47. The summed E-state index contributed by atoms with van der Waals surface area (Å²) in [4.78, 5) is 11.5. The van der Waals surface area contributed by atoms with Gasteiger partial charge in [-0.2, -0.15) is 0 Å². The minimum absolute atomic E-state index is 0.146. The highest BCUT2D eigenvalue weighted by Crippen LogP contribution is 2.10. The van der Waals surface area contributed by atoms with Crippen molar-refractivity contribution < 1.29 is 13.9 Å². The number of rotatable bonds is 4. The highest BCUT2D eigenvalue weighted by molar-refractivity contribution is 5.91. The minimum Gasteiger partial charge on any atom is -0.376 e. The van der Waals surface area contributed by atoms with Gasteiger partial charge >= 0.3 is 0 Å². The molecule has 0 spiro atoms. The van der Waals surface area contributed by atoms with E-state index in [9.17, 15) is 9.18 Å². The number of halogens is 1. The number of hydrogen-bond acceptors (Lipinski definition) is 2. The average molecular weight is 249 g/mol. The third-order valence-electron chi connectivity index (χ3n) is 2.83. The summed E-state index contributed by atoms with van der Waals surface area (Å²) in [6.07, 6.45) is 5.31. The fraction of sp³-hybridized carbons (Fsp3) is 0.357. The predicted octanol–water partition coefficient (Wildman–Crippen LogP) is 2.13. The van der Waals surface area contributed by atoms with Crippen LogP contribution in [0.15, 0.2) is 30.3 Å². The van der Waals surface area contributed by atoms with Gasteiger partial charge in [-0.25, -0.2) is 4.39 Å². The molecular weight excluding hydrogens is 233 g/mol. The molecule has 1 aromatic carbocycles. The second kappa shape index (κ2) is 6.31.